The minimum Gasteiger partial charge on any atom is -0.388 e. The van der Waals surface area contributed by atoms with Gasteiger partial charge in [0.1, 0.15) is 5.82 Å². The topological polar surface area (TPSA) is 57.6 Å². The lowest BCUT2D eigenvalue weighted by Crippen LogP contribution is -2.36. The van der Waals surface area contributed by atoms with Crippen molar-refractivity contribution in [1.82, 2.24) is 4.31 Å². The summed E-state index contributed by atoms with van der Waals surface area (Å²) < 4.78 is 40.1. The molecule has 3 rings (SSSR count). The molecule has 1 saturated heterocycles. The van der Waals surface area contributed by atoms with Gasteiger partial charge in [-0.3, -0.25) is 0 Å². The molecule has 4 nitrogen and oxygen atoms in total. The van der Waals surface area contributed by atoms with Crippen molar-refractivity contribution in [2.75, 3.05) is 6.54 Å². The van der Waals surface area contributed by atoms with Gasteiger partial charge in [-0.15, -0.1) is 0 Å². The molecule has 2 aromatic carbocycles. The molecule has 2 atom stereocenters. The Kier molecular flexibility index (Phi) is 4.99. The van der Waals surface area contributed by atoms with Crippen LogP contribution in [0, 0.1) is 5.82 Å². The highest BCUT2D eigenvalue weighted by atomic mass is 32.2. The number of hydrogen-bond acceptors (Lipinski definition) is 3. The Balaban J connectivity index is 1.79. The van der Waals surface area contributed by atoms with E-state index in [0.717, 1.165) is 24.1 Å². The zero-order valence-electron chi connectivity index (χ0n) is 13.2. The van der Waals surface area contributed by atoms with Crippen molar-refractivity contribution in [3.63, 3.8) is 0 Å². The van der Waals surface area contributed by atoms with Crippen molar-refractivity contribution < 1.29 is 17.9 Å². The van der Waals surface area contributed by atoms with Crippen LogP contribution < -0.4 is 0 Å². The van der Waals surface area contributed by atoms with E-state index in [2.05, 4.69) is 0 Å². The lowest BCUT2D eigenvalue weighted by atomic mass is 10.0. The summed E-state index contributed by atoms with van der Waals surface area (Å²) in [5.41, 5.74) is 0.781. The van der Waals surface area contributed by atoms with Crippen LogP contribution in [0.1, 0.15) is 30.9 Å². The number of aliphatic hydroxyl groups excluding tert-OH is 1. The highest BCUT2D eigenvalue weighted by Crippen LogP contribution is 2.31. The molecule has 1 fully saturated rings. The molecule has 1 aliphatic heterocycles. The van der Waals surface area contributed by atoms with Gasteiger partial charge in [-0.05, 0) is 49.1 Å². The van der Waals surface area contributed by atoms with Crippen LogP contribution in [0.2, 0.25) is 0 Å². The average molecular weight is 349 g/mol. The molecule has 0 saturated carbocycles. The largest absolute Gasteiger partial charge is 0.388 e. The Hall–Kier alpha value is -1.76. The van der Waals surface area contributed by atoms with Crippen LogP contribution in [0.4, 0.5) is 4.39 Å². The van der Waals surface area contributed by atoms with Crippen molar-refractivity contribution in [2.45, 2.75) is 36.3 Å². The maximum Gasteiger partial charge on any atom is 0.243 e. The first kappa shape index (κ1) is 17.1. The number of hydrogen-bond donors (Lipinski definition) is 1. The quantitative estimate of drug-likeness (QED) is 0.902. The van der Waals surface area contributed by atoms with Crippen LogP contribution in [0.5, 0.6) is 0 Å². The second-order valence-electron chi connectivity index (χ2n) is 6.03. The van der Waals surface area contributed by atoms with Crippen LogP contribution in [0.3, 0.4) is 0 Å². The van der Waals surface area contributed by atoms with Gasteiger partial charge in [0.15, 0.2) is 0 Å². The Morgan fingerprint density at radius 3 is 2.46 bits per heavy atom. The summed E-state index contributed by atoms with van der Waals surface area (Å²) in [6.07, 6.45) is 1.11. The third kappa shape index (κ3) is 3.50. The summed E-state index contributed by atoms with van der Waals surface area (Å²) in [4.78, 5) is 0.0880. The van der Waals surface area contributed by atoms with Gasteiger partial charge in [0.2, 0.25) is 10.0 Å². The van der Waals surface area contributed by atoms with Crippen molar-refractivity contribution in [2.24, 2.45) is 0 Å². The molecular weight excluding hydrogens is 329 g/mol. The van der Waals surface area contributed by atoms with Gasteiger partial charge in [0.05, 0.1) is 11.0 Å². The summed E-state index contributed by atoms with van der Waals surface area (Å²) in [7, 11) is -3.68. The molecular formula is C18H20FNO3S. The second-order valence-corrected chi connectivity index (χ2v) is 7.92. The van der Waals surface area contributed by atoms with Gasteiger partial charge in [-0.1, -0.05) is 30.3 Å². The fourth-order valence-corrected chi connectivity index (χ4v) is 4.88. The predicted octanol–water partition coefficient (Wildman–Crippen LogP) is 3.10. The Bertz CT molecular complexity index is 778. The molecule has 6 heteroatoms. The van der Waals surface area contributed by atoms with Gasteiger partial charge in [0, 0.05) is 12.6 Å². The minimum absolute atomic E-state index is 0.0880. The van der Waals surface area contributed by atoms with E-state index in [1.807, 2.05) is 30.3 Å². The predicted molar refractivity (Wildman–Crippen MR) is 89.3 cm³/mol. The minimum atomic E-state index is -3.68. The van der Waals surface area contributed by atoms with Crippen LogP contribution in [0.25, 0.3) is 0 Å². The van der Waals surface area contributed by atoms with Gasteiger partial charge in [0.25, 0.3) is 0 Å². The highest BCUT2D eigenvalue weighted by Gasteiger charge is 2.36. The van der Waals surface area contributed by atoms with E-state index < -0.39 is 21.9 Å². The van der Waals surface area contributed by atoms with E-state index in [9.17, 15) is 17.9 Å². The molecule has 1 aliphatic rings. The molecule has 24 heavy (non-hydrogen) atoms. The van der Waals surface area contributed by atoms with E-state index in [4.69, 9.17) is 0 Å². The van der Waals surface area contributed by atoms with E-state index in [1.54, 1.807) is 0 Å². The molecule has 2 unspecified atom stereocenters. The van der Waals surface area contributed by atoms with Crippen molar-refractivity contribution in [3.05, 3.63) is 66.0 Å². The Morgan fingerprint density at radius 1 is 1.12 bits per heavy atom. The molecule has 0 radical (unpaired) electrons. The van der Waals surface area contributed by atoms with Crippen LogP contribution in [-0.4, -0.2) is 30.4 Å². The van der Waals surface area contributed by atoms with Gasteiger partial charge >= 0.3 is 0 Å². The zero-order valence-corrected chi connectivity index (χ0v) is 14.0. The lowest BCUT2D eigenvalue weighted by Gasteiger charge is -2.26. The fourth-order valence-electron chi connectivity index (χ4n) is 3.17. The summed E-state index contributed by atoms with van der Waals surface area (Å²) in [6.45, 7) is 0.423. The first-order valence-electron chi connectivity index (χ1n) is 7.99. The molecule has 2 aromatic rings. The van der Waals surface area contributed by atoms with Gasteiger partial charge in [-0.2, -0.15) is 4.31 Å². The van der Waals surface area contributed by atoms with Gasteiger partial charge < -0.3 is 5.11 Å². The van der Waals surface area contributed by atoms with Crippen molar-refractivity contribution in [3.8, 4) is 0 Å². The Morgan fingerprint density at radius 2 is 1.79 bits per heavy atom. The number of nitrogens with zero attached hydrogens (tertiary/aromatic N) is 1. The lowest BCUT2D eigenvalue weighted by molar-refractivity contribution is 0.142. The van der Waals surface area contributed by atoms with Crippen molar-refractivity contribution >= 4 is 10.0 Å². The first-order chi connectivity index (χ1) is 11.5. The van der Waals surface area contributed by atoms with Crippen LogP contribution in [-0.2, 0) is 10.0 Å². The number of sulfonamides is 1. The number of rotatable bonds is 5. The molecule has 0 aliphatic carbocycles. The maximum absolute atomic E-state index is 13.0. The van der Waals surface area contributed by atoms with E-state index in [1.165, 1.54) is 16.4 Å². The first-order valence-corrected chi connectivity index (χ1v) is 9.43. The third-order valence-corrected chi connectivity index (χ3v) is 6.39. The highest BCUT2D eigenvalue weighted by molar-refractivity contribution is 7.89. The monoisotopic (exact) mass is 349 g/mol. The van der Waals surface area contributed by atoms with Crippen LogP contribution >= 0.6 is 0 Å². The fraction of sp³-hybridized carbons (Fsp3) is 0.333. The Labute approximate surface area is 141 Å². The smallest absolute Gasteiger partial charge is 0.243 e. The summed E-state index contributed by atoms with van der Waals surface area (Å²) in [5.74, 6) is -0.466. The molecule has 0 bridgehead atoms. The second kappa shape index (κ2) is 7.01. The van der Waals surface area contributed by atoms with Gasteiger partial charge in [-0.25, -0.2) is 12.8 Å². The maximum atomic E-state index is 13.0. The summed E-state index contributed by atoms with van der Waals surface area (Å²) in [5, 5.41) is 10.4. The third-order valence-electron chi connectivity index (χ3n) is 4.42. The standard InChI is InChI=1S/C18H20FNO3S/c19-15-8-10-17(11-9-15)24(22,23)20-12-4-7-16(20)13-18(21)14-5-2-1-3-6-14/h1-3,5-6,8-11,16,18,21H,4,7,12-13H2. The average Bonchev–Trinajstić information content (AvgIpc) is 3.05. The normalized spacial score (nSPS) is 20.2. The van der Waals surface area contributed by atoms with E-state index in [0.29, 0.717) is 19.4 Å². The molecule has 1 heterocycles. The summed E-state index contributed by atoms with van der Waals surface area (Å²) in [6, 6.07) is 13.8. The van der Waals surface area contributed by atoms with E-state index >= 15 is 0 Å². The van der Waals surface area contributed by atoms with Crippen molar-refractivity contribution in [1.29, 1.82) is 0 Å². The van der Waals surface area contributed by atoms with E-state index in [-0.39, 0.29) is 10.9 Å². The number of halogens is 1. The molecule has 1 N–H and O–H groups in total. The number of benzene rings is 2. The summed E-state index contributed by atoms with van der Waals surface area (Å²) >= 11 is 0. The SMILES string of the molecule is O=S(=O)(c1ccc(F)cc1)N1CCCC1CC(O)c1ccccc1. The van der Waals surface area contributed by atoms with Crippen LogP contribution in [0.15, 0.2) is 59.5 Å². The number of aliphatic hydroxyl groups is 1. The molecule has 0 spiro atoms. The molecule has 0 aromatic heterocycles. The molecule has 128 valence electrons. The zero-order chi connectivity index (χ0) is 17.2. The molecule has 0 amide bonds.